The largest absolute Gasteiger partial charge is 0.292 e. The summed E-state index contributed by atoms with van der Waals surface area (Å²) in [6.45, 7) is 0. The van der Waals surface area contributed by atoms with Gasteiger partial charge in [-0.3, -0.25) is 9.48 Å². The maximum Gasteiger partial charge on any atom is 0.181 e. The van der Waals surface area contributed by atoms with E-state index in [1.54, 1.807) is 13.1 Å². The van der Waals surface area contributed by atoms with Crippen LogP contribution in [-0.4, -0.2) is 36.0 Å². The summed E-state index contributed by atoms with van der Waals surface area (Å²) in [7, 11) is -1.43. The molecule has 1 heterocycles. The normalized spacial score (nSPS) is 11.6. The fourth-order valence-corrected chi connectivity index (χ4v) is 1.61. The monoisotopic (exact) mass is 216 g/mol. The Kier molecular flexibility index (Phi) is 3.05. The van der Waals surface area contributed by atoms with Crippen molar-refractivity contribution in [2.75, 3.05) is 12.0 Å². The molecule has 0 atom stereocenters. The van der Waals surface area contributed by atoms with Gasteiger partial charge in [0.1, 0.15) is 15.5 Å². The van der Waals surface area contributed by atoms with Gasteiger partial charge < -0.3 is 0 Å². The van der Waals surface area contributed by atoms with Crippen molar-refractivity contribution in [3.05, 3.63) is 18.0 Å². The minimum Gasteiger partial charge on any atom is -0.292 e. The zero-order valence-corrected chi connectivity index (χ0v) is 8.91. The maximum atomic E-state index is 11.4. The molecule has 0 bridgehead atoms. The molecular weight excluding hydrogens is 204 g/mol. The number of Topliss-reactive ketones (excluding diaryl/α,β-unsaturated/α-hetero) is 1. The van der Waals surface area contributed by atoms with Gasteiger partial charge in [-0.2, -0.15) is 5.10 Å². The van der Waals surface area contributed by atoms with Crippen molar-refractivity contribution in [3.63, 3.8) is 0 Å². The van der Waals surface area contributed by atoms with Crippen LogP contribution < -0.4 is 0 Å². The van der Waals surface area contributed by atoms with Gasteiger partial charge in [-0.15, -0.1) is 0 Å². The van der Waals surface area contributed by atoms with Crippen LogP contribution in [0.4, 0.5) is 0 Å². The van der Waals surface area contributed by atoms with Gasteiger partial charge in [0.15, 0.2) is 5.78 Å². The summed E-state index contributed by atoms with van der Waals surface area (Å²) in [5, 5.41) is 3.83. The highest BCUT2D eigenvalue weighted by atomic mass is 32.2. The lowest BCUT2D eigenvalue weighted by molar-refractivity contribution is 0.0980. The Morgan fingerprint density at radius 3 is 2.64 bits per heavy atom. The molecule has 0 aliphatic heterocycles. The van der Waals surface area contributed by atoms with Crippen LogP contribution in [0.2, 0.25) is 0 Å². The average molecular weight is 216 g/mol. The summed E-state index contributed by atoms with van der Waals surface area (Å²) in [6, 6.07) is 1.57. The summed E-state index contributed by atoms with van der Waals surface area (Å²) in [6.07, 6.45) is 2.63. The number of carbonyl (C=O) groups is 1. The van der Waals surface area contributed by atoms with E-state index in [0.717, 1.165) is 6.26 Å². The number of aryl methyl sites for hydroxylation is 1. The molecule has 0 saturated heterocycles. The van der Waals surface area contributed by atoms with E-state index in [0.29, 0.717) is 5.69 Å². The smallest absolute Gasteiger partial charge is 0.181 e. The maximum absolute atomic E-state index is 11.4. The fraction of sp³-hybridized carbons (Fsp3) is 0.500. The van der Waals surface area contributed by atoms with E-state index in [9.17, 15) is 13.2 Å². The third-order valence-electron chi connectivity index (χ3n) is 1.81. The highest BCUT2D eigenvalue weighted by Gasteiger charge is 2.12. The van der Waals surface area contributed by atoms with Gasteiger partial charge >= 0.3 is 0 Å². The first-order valence-electron chi connectivity index (χ1n) is 4.09. The molecular formula is C8H12N2O3S. The predicted octanol–water partition coefficient (Wildman–Crippen LogP) is 0.0375. The first-order chi connectivity index (χ1) is 6.40. The van der Waals surface area contributed by atoms with Crippen molar-refractivity contribution in [2.45, 2.75) is 6.42 Å². The zero-order chi connectivity index (χ0) is 10.8. The number of sulfone groups is 1. The van der Waals surface area contributed by atoms with Crippen LogP contribution in [0.15, 0.2) is 12.3 Å². The molecule has 5 nitrogen and oxygen atoms in total. The Hall–Kier alpha value is -1.17. The topological polar surface area (TPSA) is 69.0 Å². The number of hydrogen-bond donors (Lipinski definition) is 0. The number of aromatic nitrogens is 2. The van der Waals surface area contributed by atoms with Crippen molar-refractivity contribution < 1.29 is 13.2 Å². The zero-order valence-electron chi connectivity index (χ0n) is 8.10. The lowest BCUT2D eigenvalue weighted by Gasteiger charge is -1.99. The average Bonchev–Trinajstić information content (AvgIpc) is 2.46. The molecule has 1 rings (SSSR count). The van der Waals surface area contributed by atoms with E-state index >= 15 is 0 Å². The van der Waals surface area contributed by atoms with E-state index in [1.807, 2.05) is 0 Å². The van der Waals surface area contributed by atoms with E-state index in [2.05, 4.69) is 5.10 Å². The lowest BCUT2D eigenvalue weighted by atomic mass is 10.2. The minimum atomic E-state index is -3.07. The number of carbonyl (C=O) groups excluding carboxylic acids is 1. The van der Waals surface area contributed by atoms with Gasteiger partial charge in [-0.1, -0.05) is 0 Å². The highest BCUT2D eigenvalue weighted by molar-refractivity contribution is 7.90. The van der Waals surface area contributed by atoms with Crippen molar-refractivity contribution in [3.8, 4) is 0 Å². The Balaban J connectivity index is 2.65. The number of rotatable bonds is 4. The summed E-state index contributed by atoms with van der Waals surface area (Å²) >= 11 is 0. The third kappa shape index (κ3) is 2.95. The van der Waals surface area contributed by atoms with Crippen LogP contribution in [0.5, 0.6) is 0 Å². The van der Waals surface area contributed by atoms with Crippen molar-refractivity contribution in [1.29, 1.82) is 0 Å². The summed E-state index contributed by atoms with van der Waals surface area (Å²) in [5.74, 6) is -0.313. The van der Waals surface area contributed by atoms with Gasteiger partial charge in [0, 0.05) is 25.9 Å². The van der Waals surface area contributed by atoms with Crippen LogP contribution >= 0.6 is 0 Å². The first kappa shape index (κ1) is 10.9. The lowest BCUT2D eigenvalue weighted by Crippen LogP contribution is -2.12. The molecule has 78 valence electrons. The molecule has 1 aromatic rings. The Morgan fingerprint density at radius 2 is 2.21 bits per heavy atom. The van der Waals surface area contributed by atoms with E-state index in [1.165, 1.54) is 10.9 Å². The number of ketones is 1. The van der Waals surface area contributed by atoms with Crippen LogP contribution in [0, 0.1) is 0 Å². The summed E-state index contributed by atoms with van der Waals surface area (Å²) in [5.41, 5.74) is 0.439. The van der Waals surface area contributed by atoms with Gasteiger partial charge in [0.2, 0.25) is 0 Å². The second kappa shape index (κ2) is 3.91. The van der Waals surface area contributed by atoms with Gasteiger partial charge in [0.05, 0.1) is 5.75 Å². The molecule has 6 heteroatoms. The Labute approximate surface area is 82.7 Å². The molecule has 0 aromatic carbocycles. The van der Waals surface area contributed by atoms with Gasteiger partial charge in [-0.25, -0.2) is 8.42 Å². The van der Waals surface area contributed by atoms with Crippen molar-refractivity contribution >= 4 is 15.6 Å². The molecule has 0 amide bonds. The Morgan fingerprint density at radius 1 is 1.57 bits per heavy atom. The van der Waals surface area contributed by atoms with Crippen molar-refractivity contribution in [1.82, 2.24) is 9.78 Å². The second-order valence-electron chi connectivity index (χ2n) is 3.14. The molecule has 0 saturated carbocycles. The number of nitrogens with zero attached hydrogens (tertiary/aromatic N) is 2. The number of hydrogen-bond acceptors (Lipinski definition) is 4. The molecule has 0 fully saturated rings. The molecule has 0 aliphatic carbocycles. The van der Waals surface area contributed by atoms with Gasteiger partial charge in [0.25, 0.3) is 0 Å². The third-order valence-corrected chi connectivity index (χ3v) is 2.75. The first-order valence-corrected chi connectivity index (χ1v) is 6.15. The minimum absolute atomic E-state index is 0.0123. The van der Waals surface area contributed by atoms with Crippen LogP contribution in [-0.2, 0) is 16.9 Å². The van der Waals surface area contributed by atoms with E-state index in [4.69, 9.17) is 0 Å². The highest BCUT2D eigenvalue weighted by Crippen LogP contribution is 2.02. The molecule has 14 heavy (non-hydrogen) atoms. The molecule has 0 N–H and O–H groups in total. The molecule has 1 aromatic heterocycles. The SMILES string of the molecule is Cn1nccc1C(=O)CCS(C)(=O)=O. The fourth-order valence-electron chi connectivity index (χ4n) is 1.05. The standard InChI is InChI=1S/C8H12N2O3S/c1-10-7(3-5-9-10)8(11)4-6-14(2,12)13/h3,5H,4,6H2,1-2H3. The quantitative estimate of drug-likeness (QED) is 0.666. The van der Waals surface area contributed by atoms with Crippen LogP contribution in [0.3, 0.4) is 0 Å². The summed E-state index contributed by atoms with van der Waals surface area (Å²) in [4.78, 5) is 11.4. The Bertz CT molecular complexity index is 433. The van der Waals surface area contributed by atoms with Crippen LogP contribution in [0.25, 0.3) is 0 Å². The second-order valence-corrected chi connectivity index (χ2v) is 5.40. The molecule has 0 aliphatic rings. The van der Waals surface area contributed by atoms with Gasteiger partial charge in [-0.05, 0) is 6.07 Å². The molecule has 0 unspecified atom stereocenters. The van der Waals surface area contributed by atoms with E-state index in [-0.39, 0.29) is 18.0 Å². The van der Waals surface area contributed by atoms with E-state index < -0.39 is 9.84 Å². The predicted molar refractivity (Wildman–Crippen MR) is 51.9 cm³/mol. The molecule has 0 spiro atoms. The van der Waals surface area contributed by atoms with Crippen molar-refractivity contribution in [2.24, 2.45) is 7.05 Å². The molecule has 0 radical (unpaired) electrons. The van der Waals surface area contributed by atoms with Crippen LogP contribution in [0.1, 0.15) is 16.9 Å². The summed E-state index contributed by atoms with van der Waals surface area (Å²) < 4.78 is 23.1.